The van der Waals surface area contributed by atoms with Crippen LogP contribution in [0.3, 0.4) is 0 Å². The maximum atomic E-state index is 14.5. The molecule has 0 aliphatic rings. The number of rotatable bonds is 5. The number of halogens is 9. The van der Waals surface area contributed by atoms with Crippen molar-refractivity contribution in [1.82, 2.24) is 0 Å². The van der Waals surface area contributed by atoms with Crippen LogP contribution in [-0.2, 0) is 19.0 Å². The molecule has 3 aromatic carbocycles. The fourth-order valence-electron chi connectivity index (χ4n) is 3.34. The van der Waals surface area contributed by atoms with E-state index < -0.39 is 57.8 Å². The summed E-state index contributed by atoms with van der Waals surface area (Å²) < 4.78 is 121. The second-order valence-electron chi connectivity index (χ2n) is 7.29. The van der Waals surface area contributed by atoms with Crippen molar-refractivity contribution in [3.05, 3.63) is 99.9 Å². The smallest absolute Gasteiger partial charge is 0.209 e. The van der Waals surface area contributed by atoms with Crippen molar-refractivity contribution in [2.24, 2.45) is 0 Å². The van der Waals surface area contributed by atoms with Crippen LogP contribution in [0.2, 0.25) is 0 Å². The van der Waals surface area contributed by atoms with Crippen LogP contribution in [0.15, 0.2) is 54.4 Å². The Hall–Kier alpha value is -3.23. The van der Waals surface area contributed by atoms with Crippen molar-refractivity contribution in [1.29, 1.82) is 0 Å². The predicted molar refractivity (Wildman–Crippen MR) is 105 cm³/mol. The van der Waals surface area contributed by atoms with Crippen LogP contribution in [0.5, 0.6) is 0 Å². The molecule has 0 unspecified atom stereocenters. The third-order valence-corrected chi connectivity index (χ3v) is 4.93. The fraction of sp³-hybridized carbons (Fsp3) is 0.167. The molecular weight excluding hydrogens is 459 g/mol. The molecule has 3 aromatic rings. The lowest BCUT2D eigenvalue weighted by Crippen LogP contribution is -2.11. The van der Waals surface area contributed by atoms with E-state index in [1.54, 1.807) is 0 Å². The largest absolute Gasteiger partial charge is 0.422 e. The van der Waals surface area contributed by atoms with E-state index in [9.17, 15) is 39.5 Å². The van der Waals surface area contributed by atoms with E-state index in [2.05, 4.69) is 0 Å². The quantitative estimate of drug-likeness (QED) is 0.326. The maximum Gasteiger partial charge on any atom is 0.422 e. The summed E-state index contributed by atoms with van der Waals surface area (Å²) in [5.74, 6) is -8.36. The highest BCUT2D eigenvalue weighted by molar-refractivity contribution is 5.66. The molecule has 0 radical (unpaired) electrons. The summed E-state index contributed by atoms with van der Waals surface area (Å²) in [6, 6.07) is 8.02. The van der Waals surface area contributed by atoms with Crippen LogP contribution in [0.1, 0.15) is 29.2 Å². The average Bonchev–Trinajstić information content (AvgIpc) is 2.70. The van der Waals surface area contributed by atoms with Crippen molar-refractivity contribution < 1.29 is 39.5 Å². The Balaban J connectivity index is 1.83. The second-order valence-corrected chi connectivity index (χ2v) is 7.29. The van der Waals surface area contributed by atoms with Gasteiger partial charge in [0.25, 0.3) is 0 Å². The molecule has 0 atom stereocenters. The van der Waals surface area contributed by atoms with Gasteiger partial charge in [-0.3, -0.25) is 0 Å². The Morgan fingerprint density at radius 2 is 1.18 bits per heavy atom. The van der Waals surface area contributed by atoms with Gasteiger partial charge in [0.15, 0.2) is 5.83 Å². The molecule has 0 aliphatic carbocycles. The van der Waals surface area contributed by atoms with Gasteiger partial charge < -0.3 is 0 Å². The van der Waals surface area contributed by atoms with Crippen molar-refractivity contribution in [2.45, 2.75) is 25.9 Å². The molecule has 0 aliphatic heterocycles. The highest BCUT2D eigenvalue weighted by Crippen LogP contribution is 2.37. The number of allylic oxidation sites excluding steroid dienone is 1. The lowest BCUT2D eigenvalue weighted by atomic mass is 9.97. The van der Waals surface area contributed by atoms with E-state index in [0.717, 1.165) is 19.1 Å². The van der Waals surface area contributed by atoms with E-state index in [1.807, 2.05) is 0 Å². The molecule has 3 rings (SSSR count). The first-order valence-corrected chi connectivity index (χ1v) is 9.54. The minimum absolute atomic E-state index is 0.0381. The van der Waals surface area contributed by atoms with Crippen molar-refractivity contribution in [2.75, 3.05) is 0 Å². The molecule has 0 bridgehead atoms. The van der Waals surface area contributed by atoms with Gasteiger partial charge in [-0.05, 0) is 60.7 Å². The van der Waals surface area contributed by atoms with E-state index in [1.165, 1.54) is 24.3 Å². The molecule has 9 heteroatoms. The first kappa shape index (κ1) is 24.4. The van der Waals surface area contributed by atoms with Gasteiger partial charge in [0, 0.05) is 5.56 Å². The van der Waals surface area contributed by atoms with Crippen molar-refractivity contribution >= 4 is 5.83 Å². The van der Waals surface area contributed by atoms with Gasteiger partial charge in [0.2, 0.25) is 0 Å². The van der Waals surface area contributed by atoms with Crippen LogP contribution in [0.25, 0.3) is 17.0 Å². The Labute approximate surface area is 183 Å². The van der Waals surface area contributed by atoms with Crippen LogP contribution in [0, 0.1) is 23.3 Å². The number of aryl methyl sites for hydroxylation is 2. The Bertz CT molecular complexity index is 1160. The zero-order chi connectivity index (χ0) is 24.5. The summed E-state index contributed by atoms with van der Waals surface area (Å²) in [6.45, 7) is 0.976. The molecule has 0 amide bonds. The van der Waals surface area contributed by atoms with Crippen molar-refractivity contribution in [3.63, 3.8) is 0 Å². The molecule has 0 nitrogen and oxygen atoms in total. The summed E-state index contributed by atoms with van der Waals surface area (Å²) in [5.41, 5.74) is -2.84. The molecule has 33 heavy (non-hydrogen) atoms. The molecule has 0 fully saturated rings. The number of hydrogen-bond acceptors (Lipinski definition) is 0. The lowest BCUT2D eigenvalue weighted by Gasteiger charge is -2.13. The molecule has 0 spiro atoms. The van der Waals surface area contributed by atoms with Gasteiger partial charge in [0.05, 0.1) is 5.56 Å². The molecule has 0 heterocycles. The molecule has 0 saturated carbocycles. The van der Waals surface area contributed by atoms with Gasteiger partial charge in [-0.1, -0.05) is 24.3 Å². The number of alkyl halides is 3. The van der Waals surface area contributed by atoms with Gasteiger partial charge in [-0.25, -0.2) is 26.3 Å². The third kappa shape index (κ3) is 5.40. The van der Waals surface area contributed by atoms with Crippen LogP contribution in [0.4, 0.5) is 39.5 Å². The first-order chi connectivity index (χ1) is 15.4. The standard InChI is InChI=1S/C24H15F9/c1-12(25)23(30)15-6-4-13(5-7-15)2-3-14-8-17(26)21(18(27)9-14)16-10-19(28)22(20(29)11-16)24(31,32)33/h4-11H,2-3H2,1H3. The molecule has 174 valence electrons. The van der Waals surface area contributed by atoms with Gasteiger partial charge in [0.1, 0.15) is 34.7 Å². The number of hydrogen-bond donors (Lipinski definition) is 0. The normalized spacial score (nSPS) is 12.7. The summed E-state index contributed by atoms with van der Waals surface area (Å²) in [4.78, 5) is 0. The van der Waals surface area contributed by atoms with Crippen LogP contribution >= 0.6 is 0 Å². The molecule has 0 saturated heterocycles. The highest BCUT2D eigenvalue weighted by atomic mass is 19.4. The lowest BCUT2D eigenvalue weighted by molar-refractivity contribution is -0.142. The van der Waals surface area contributed by atoms with Crippen LogP contribution in [-0.4, -0.2) is 0 Å². The summed E-state index contributed by atoms with van der Waals surface area (Å²) >= 11 is 0. The van der Waals surface area contributed by atoms with Gasteiger partial charge in [-0.2, -0.15) is 13.2 Å². The number of benzene rings is 3. The topological polar surface area (TPSA) is 0 Å². The minimum atomic E-state index is -5.31. The Morgan fingerprint density at radius 1 is 0.697 bits per heavy atom. The van der Waals surface area contributed by atoms with E-state index in [4.69, 9.17) is 0 Å². The SMILES string of the molecule is CC(F)=C(F)c1ccc(CCc2cc(F)c(-c3cc(F)c(C(F)(F)F)c(F)c3)c(F)c2)cc1. The highest BCUT2D eigenvalue weighted by Gasteiger charge is 2.38. The molecular formula is C24H15F9. The predicted octanol–water partition coefficient (Wildman–Crippen LogP) is 8.34. The van der Waals surface area contributed by atoms with Gasteiger partial charge in [-0.15, -0.1) is 0 Å². The van der Waals surface area contributed by atoms with Crippen molar-refractivity contribution in [3.8, 4) is 11.1 Å². The zero-order valence-corrected chi connectivity index (χ0v) is 16.9. The van der Waals surface area contributed by atoms with Crippen LogP contribution < -0.4 is 0 Å². The summed E-state index contributed by atoms with van der Waals surface area (Å²) in [6.07, 6.45) is -4.90. The van der Waals surface area contributed by atoms with E-state index in [0.29, 0.717) is 5.56 Å². The third-order valence-electron chi connectivity index (χ3n) is 4.93. The molecule has 0 N–H and O–H groups in total. The van der Waals surface area contributed by atoms with E-state index >= 15 is 0 Å². The first-order valence-electron chi connectivity index (χ1n) is 9.54. The monoisotopic (exact) mass is 474 g/mol. The minimum Gasteiger partial charge on any atom is -0.209 e. The van der Waals surface area contributed by atoms with Gasteiger partial charge >= 0.3 is 6.18 Å². The molecule has 0 aromatic heterocycles. The average molecular weight is 474 g/mol. The summed E-state index contributed by atoms with van der Waals surface area (Å²) in [7, 11) is 0. The Kier molecular flexibility index (Phi) is 6.90. The Morgan fingerprint density at radius 3 is 1.64 bits per heavy atom. The maximum absolute atomic E-state index is 14.5. The second kappa shape index (κ2) is 9.33. The fourth-order valence-corrected chi connectivity index (χ4v) is 3.34. The summed E-state index contributed by atoms with van der Waals surface area (Å²) in [5, 5.41) is 0. The van der Waals surface area contributed by atoms with E-state index in [-0.39, 0.29) is 36.1 Å². The zero-order valence-electron chi connectivity index (χ0n) is 16.9.